The van der Waals surface area contributed by atoms with Gasteiger partial charge in [-0.1, -0.05) is 6.92 Å². The highest BCUT2D eigenvalue weighted by Crippen LogP contribution is 2.00. The number of rotatable bonds is 4. The second kappa shape index (κ2) is 4.77. The predicted octanol–water partition coefficient (Wildman–Crippen LogP) is 1.02. The number of methoxy groups -OCH3 is 1. The number of likely N-dealkylation sites (N-methyl/N-ethyl adjacent to an activating group) is 1. The first-order chi connectivity index (χ1) is 4.26. The molecule has 0 aliphatic carbocycles. The Hall–Kier alpha value is -0.0800. The van der Waals surface area contributed by atoms with Gasteiger partial charge in [0.05, 0.1) is 6.10 Å². The summed E-state index contributed by atoms with van der Waals surface area (Å²) < 4.78 is 5.19. The Labute approximate surface area is 57.6 Å². The predicted molar refractivity (Wildman–Crippen MR) is 39.6 cm³/mol. The van der Waals surface area contributed by atoms with Crippen molar-refractivity contribution in [2.24, 2.45) is 0 Å². The highest BCUT2D eigenvalue weighted by atomic mass is 16.5. The minimum Gasteiger partial charge on any atom is -0.380 e. The van der Waals surface area contributed by atoms with Crippen molar-refractivity contribution >= 4 is 0 Å². The molecule has 0 amide bonds. The van der Waals surface area contributed by atoms with E-state index < -0.39 is 0 Å². The molecule has 2 nitrogen and oxygen atoms in total. The molecule has 56 valence electrons. The van der Waals surface area contributed by atoms with E-state index in [0.29, 0.717) is 12.1 Å². The summed E-state index contributed by atoms with van der Waals surface area (Å²) in [7, 11) is 3.70. The second-order valence-electron chi connectivity index (χ2n) is 2.26. The van der Waals surface area contributed by atoms with E-state index in [2.05, 4.69) is 19.2 Å². The van der Waals surface area contributed by atoms with Gasteiger partial charge in [0.15, 0.2) is 0 Å². The smallest absolute Gasteiger partial charge is 0.0718 e. The number of nitrogens with one attached hydrogen (secondary N) is 1. The van der Waals surface area contributed by atoms with Crippen LogP contribution in [0.3, 0.4) is 0 Å². The molecular formula is C7H17NO. The van der Waals surface area contributed by atoms with Gasteiger partial charge < -0.3 is 10.1 Å². The summed E-state index contributed by atoms with van der Waals surface area (Å²) in [5.74, 6) is 0. The van der Waals surface area contributed by atoms with Crippen LogP contribution >= 0.6 is 0 Å². The van der Waals surface area contributed by atoms with Crippen LogP contribution in [0.2, 0.25) is 0 Å². The van der Waals surface area contributed by atoms with E-state index in [-0.39, 0.29) is 0 Å². The summed E-state index contributed by atoms with van der Waals surface area (Å²) >= 11 is 0. The molecule has 0 aliphatic heterocycles. The number of ether oxygens (including phenoxy) is 1. The third-order valence-corrected chi connectivity index (χ3v) is 1.72. The van der Waals surface area contributed by atoms with E-state index in [0.717, 1.165) is 6.42 Å². The fourth-order valence-corrected chi connectivity index (χ4v) is 0.910. The number of hydrogen-bond donors (Lipinski definition) is 1. The van der Waals surface area contributed by atoms with E-state index >= 15 is 0 Å². The van der Waals surface area contributed by atoms with Gasteiger partial charge in [-0.05, 0) is 20.4 Å². The molecule has 0 saturated heterocycles. The van der Waals surface area contributed by atoms with Crippen molar-refractivity contribution < 1.29 is 4.74 Å². The molecule has 0 aromatic carbocycles. The van der Waals surface area contributed by atoms with Gasteiger partial charge >= 0.3 is 0 Å². The van der Waals surface area contributed by atoms with Crippen LogP contribution in [0.25, 0.3) is 0 Å². The standard InChI is InChI=1S/C7H17NO/c1-5-7(9-4)6(2)8-3/h6-8H,5H2,1-4H3/t6-,7?/m0/s1. The highest BCUT2D eigenvalue weighted by Gasteiger charge is 2.10. The lowest BCUT2D eigenvalue weighted by Gasteiger charge is -2.19. The van der Waals surface area contributed by atoms with Crippen molar-refractivity contribution in [3.05, 3.63) is 0 Å². The fourth-order valence-electron chi connectivity index (χ4n) is 0.910. The maximum absolute atomic E-state index is 5.19. The molecule has 1 N–H and O–H groups in total. The Morgan fingerprint density at radius 2 is 2.11 bits per heavy atom. The zero-order valence-corrected chi connectivity index (χ0v) is 6.77. The maximum atomic E-state index is 5.19. The average Bonchev–Trinajstić information content (AvgIpc) is 1.90. The van der Waals surface area contributed by atoms with E-state index in [4.69, 9.17) is 4.74 Å². The Bertz CT molecular complexity index is 61.9. The average molecular weight is 131 g/mol. The fraction of sp³-hybridized carbons (Fsp3) is 1.00. The molecule has 0 fully saturated rings. The number of hydrogen-bond acceptors (Lipinski definition) is 2. The molecule has 0 radical (unpaired) electrons. The lowest BCUT2D eigenvalue weighted by molar-refractivity contribution is 0.0733. The first kappa shape index (κ1) is 8.92. The van der Waals surface area contributed by atoms with Crippen LogP contribution in [0.5, 0.6) is 0 Å². The van der Waals surface area contributed by atoms with Gasteiger partial charge in [-0.2, -0.15) is 0 Å². The van der Waals surface area contributed by atoms with Crippen LogP contribution in [0.4, 0.5) is 0 Å². The van der Waals surface area contributed by atoms with Crippen LogP contribution < -0.4 is 5.32 Å². The van der Waals surface area contributed by atoms with Crippen LogP contribution in [0.15, 0.2) is 0 Å². The molecule has 0 spiro atoms. The van der Waals surface area contributed by atoms with Crippen molar-refractivity contribution in [2.75, 3.05) is 14.2 Å². The van der Waals surface area contributed by atoms with Gasteiger partial charge in [0.1, 0.15) is 0 Å². The lowest BCUT2D eigenvalue weighted by atomic mass is 10.1. The van der Waals surface area contributed by atoms with Gasteiger partial charge in [-0.25, -0.2) is 0 Å². The molecule has 0 aliphatic rings. The maximum Gasteiger partial charge on any atom is 0.0718 e. The van der Waals surface area contributed by atoms with E-state index in [1.165, 1.54) is 0 Å². The molecule has 0 aromatic rings. The third kappa shape index (κ3) is 2.82. The molecule has 9 heavy (non-hydrogen) atoms. The van der Waals surface area contributed by atoms with Gasteiger partial charge in [-0.15, -0.1) is 0 Å². The summed E-state index contributed by atoms with van der Waals surface area (Å²) in [6.45, 7) is 4.25. The zero-order chi connectivity index (χ0) is 7.28. The summed E-state index contributed by atoms with van der Waals surface area (Å²) in [6.07, 6.45) is 1.42. The Morgan fingerprint density at radius 1 is 1.56 bits per heavy atom. The Kier molecular flexibility index (Phi) is 4.72. The van der Waals surface area contributed by atoms with Crippen LogP contribution in [-0.4, -0.2) is 26.3 Å². The van der Waals surface area contributed by atoms with Crippen molar-refractivity contribution in [1.82, 2.24) is 5.32 Å². The minimum atomic E-state index is 0.356. The molecule has 0 bridgehead atoms. The molecule has 2 heteroatoms. The topological polar surface area (TPSA) is 21.3 Å². The van der Waals surface area contributed by atoms with Gasteiger partial charge in [0, 0.05) is 13.2 Å². The quantitative estimate of drug-likeness (QED) is 0.615. The van der Waals surface area contributed by atoms with Gasteiger partial charge in [0.2, 0.25) is 0 Å². The summed E-state index contributed by atoms with van der Waals surface area (Å²) in [6, 6.07) is 0.458. The summed E-state index contributed by atoms with van der Waals surface area (Å²) in [5, 5.41) is 3.14. The van der Waals surface area contributed by atoms with Crippen molar-refractivity contribution in [3.8, 4) is 0 Å². The van der Waals surface area contributed by atoms with Crippen molar-refractivity contribution in [2.45, 2.75) is 32.4 Å². The molecule has 0 heterocycles. The van der Waals surface area contributed by atoms with E-state index in [1.807, 2.05) is 7.05 Å². The van der Waals surface area contributed by atoms with Gasteiger partial charge in [0.25, 0.3) is 0 Å². The first-order valence-electron chi connectivity index (χ1n) is 3.46. The lowest BCUT2D eigenvalue weighted by Crippen LogP contribution is -2.35. The molecular weight excluding hydrogens is 114 g/mol. The largest absolute Gasteiger partial charge is 0.380 e. The molecule has 1 unspecified atom stereocenters. The molecule has 0 rings (SSSR count). The monoisotopic (exact) mass is 131 g/mol. The summed E-state index contributed by atoms with van der Waals surface area (Å²) in [5.41, 5.74) is 0. The van der Waals surface area contributed by atoms with E-state index in [9.17, 15) is 0 Å². The molecule has 0 aromatic heterocycles. The Balaban J connectivity index is 3.50. The molecule has 0 saturated carbocycles. The van der Waals surface area contributed by atoms with Crippen LogP contribution in [-0.2, 0) is 4.74 Å². The van der Waals surface area contributed by atoms with Gasteiger partial charge in [-0.3, -0.25) is 0 Å². The van der Waals surface area contributed by atoms with Crippen molar-refractivity contribution in [3.63, 3.8) is 0 Å². The third-order valence-electron chi connectivity index (χ3n) is 1.72. The SMILES string of the molecule is CCC(OC)[C@H](C)NC. The minimum absolute atomic E-state index is 0.356. The highest BCUT2D eigenvalue weighted by molar-refractivity contribution is 4.67. The van der Waals surface area contributed by atoms with Crippen LogP contribution in [0.1, 0.15) is 20.3 Å². The first-order valence-corrected chi connectivity index (χ1v) is 3.46. The second-order valence-corrected chi connectivity index (χ2v) is 2.26. The van der Waals surface area contributed by atoms with E-state index in [1.54, 1.807) is 7.11 Å². The van der Waals surface area contributed by atoms with Crippen LogP contribution in [0, 0.1) is 0 Å². The van der Waals surface area contributed by atoms with Crippen molar-refractivity contribution in [1.29, 1.82) is 0 Å². The summed E-state index contributed by atoms with van der Waals surface area (Å²) in [4.78, 5) is 0. The zero-order valence-electron chi connectivity index (χ0n) is 6.77. The normalized spacial score (nSPS) is 17.3. The Morgan fingerprint density at radius 3 is 2.22 bits per heavy atom. The molecule has 2 atom stereocenters.